The zero-order valence-corrected chi connectivity index (χ0v) is 9.29. The van der Waals surface area contributed by atoms with Crippen molar-refractivity contribution in [2.75, 3.05) is 18.6 Å². The van der Waals surface area contributed by atoms with E-state index in [2.05, 4.69) is 9.97 Å². The summed E-state index contributed by atoms with van der Waals surface area (Å²) in [6.07, 6.45) is 1.62. The maximum atomic E-state index is 11.7. The summed E-state index contributed by atoms with van der Waals surface area (Å²) in [5, 5.41) is 0. The number of anilines is 1. The minimum absolute atomic E-state index is 0.127. The van der Waals surface area contributed by atoms with Crippen molar-refractivity contribution in [2.24, 2.45) is 11.7 Å². The van der Waals surface area contributed by atoms with Crippen LogP contribution in [0.2, 0.25) is 0 Å². The van der Waals surface area contributed by atoms with E-state index in [1.165, 1.54) is 18.2 Å². The van der Waals surface area contributed by atoms with Crippen LogP contribution in [-0.2, 0) is 9.59 Å². The van der Waals surface area contributed by atoms with Crippen molar-refractivity contribution in [3.8, 4) is 6.01 Å². The number of hydrogen-bond donors (Lipinski definition) is 1. The molecule has 0 aliphatic carbocycles. The van der Waals surface area contributed by atoms with Crippen LogP contribution in [0, 0.1) is 5.92 Å². The van der Waals surface area contributed by atoms with E-state index >= 15 is 0 Å². The summed E-state index contributed by atoms with van der Waals surface area (Å²) in [5.74, 6) is -0.675. The second kappa shape index (κ2) is 4.36. The van der Waals surface area contributed by atoms with Gasteiger partial charge in [0.1, 0.15) is 5.82 Å². The highest BCUT2D eigenvalue weighted by Gasteiger charge is 2.34. The van der Waals surface area contributed by atoms with Crippen LogP contribution in [0.3, 0.4) is 0 Å². The molecule has 7 nitrogen and oxygen atoms in total. The molecule has 17 heavy (non-hydrogen) atoms. The van der Waals surface area contributed by atoms with Crippen LogP contribution in [0.25, 0.3) is 0 Å². The Morgan fingerprint density at radius 3 is 3.00 bits per heavy atom. The number of primary amides is 1. The summed E-state index contributed by atoms with van der Waals surface area (Å²) in [7, 11) is 1.44. The Morgan fingerprint density at radius 1 is 1.65 bits per heavy atom. The number of amides is 2. The first-order valence-corrected chi connectivity index (χ1v) is 5.08. The van der Waals surface area contributed by atoms with Crippen molar-refractivity contribution < 1.29 is 14.3 Å². The summed E-state index contributed by atoms with van der Waals surface area (Å²) < 4.78 is 4.87. The molecule has 1 aliphatic rings. The number of nitrogens with two attached hydrogens (primary N) is 1. The fourth-order valence-electron chi connectivity index (χ4n) is 1.70. The van der Waals surface area contributed by atoms with Gasteiger partial charge in [0.2, 0.25) is 11.8 Å². The van der Waals surface area contributed by atoms with Crippen LogP contribution in [0.5, 0.6) is 6.01 Å². The SMILES string of the molecule is COc1nccc(N2CC(C(N)=O)CC2=O)n1. The molecule has 7 heteroatoms. The summed E-state index contributed by atoms with van der Waals surface area (Å²) >= 11 is 0. The molecule has 1 atom stereocenters. The molecule has 0 aromatic carbocycles. The lowest BCUT2D eigenvalue weighted by atomic mass is 10.1. The fourth-order valence-corrected chi connectivity index (χ4v) is 1.70. The van der Waals surface area contributed by atoms with Crippen molar-refractivity contribution in [1.82, 2.24) is 9.97 Å². The molecule has 0 spiro atoms. The first kappa shape index (κ1) is 11.3. The number of methoxy groups -OCH3 is 1. The maximum Gasteiger partial charge on any atom is 0.318 e. The van der Waals surface area contributed by atoms with Crippen LogP contribution in [0.4, 0.5) is 5.82 Å². The summed E-state index contributed by atoms with van der Waals surface area (Å²) in [6.45, 7) is 0.258. The number of carbonyl (C=O) groups is 2. The normalized spacial score (nSPS) is 19.5. The second-order valence-electron chi connectivity index (χ2n) is 3.71. The quantitative estimate of drug-likeness (QED) is 0.750. The largest absolute Gasteiger partial charge is 0.467 e. The molecule has 1 saturated heterocycles. The van der Waals surface area contributed by atoms with Crippen molar-refractivity contribution in [2.45, 2.75) is 6.42 Å². The number of ether oxygens (including phenoxy) is 1. The van der Waals surface area contributed by atoms with Crippen LogP contribution >= 0.6 is 0 Å². The molecule has 1 fully saturated rings. The Balaban J connectivity index is 2.22. The minimum atomic E-state index is -0.470. The molecule has 0 bridgehead atoms. The molecule has 90 valence electrons. The maximum absolute atomic E-state index is 11.7. The Morgan fingerprint density at radius 2 is 2.41 bits per heavy atom. The molecule has 0 radical (unpaired) electrons. The zero-order chi connectivity index (χ0) is 12.4. The molecular weight excluding hydrogens is 224 g/mol. The summed E-state index contributed by atoms with van der Waals surface area (Å²) in [5.41, 5.74) is 5.18. The third-order valence-corrected chi connectivity index (χ3v) is 2.61. The highest BCUT2D eigenvalue weighted by Crippen LogP contribution is 2.23. The third kappa shape index (κ3) is 2.17. The Bertz CT molecular complexity index is 463. The van der Waals surface area contributed by atoms with Crippen LogP contribution < -0.4 is 15.4 Å². The number of carbonyl (C=O) groups excluding carboxylic acids is 2. The predicted octanol–water partition coefficient (Wildman–Crippen LogP) is -0.677. The number of nitrogens with zero attached hydrogens (tertiary/aromatic N) is 3. The monoisotopic (exact) mass is 236 g/mol. The Hall–Kier alpha value is -2.18. The van der Waals surface area contributed by atoms with Gasteiger partial charge in [0, 0.05) is 19.2 Å². The van der Waals surface area contributed by atoms with Crippen LogP contribution in [0.1, 0.15) is 6.42 Å². The minimum Gasteiger partial charge on any atom is -0.467 e. The van der Waals surface area contributed by atoms with E-state index in [4.69, 9.17) is 10.5 Å². The molecule has 2 N–H and O–H groups in total. The first-order valence-electron chi connectivity index (χ1n) is 5.08. The molecule has 1 aliphatic heterocycles. The van der Waals surface area contributed by atoms with E-state index in [1.54, 1.807) is 6.07 Å². The van der Waals surface area contributed by atoms with Crippen molar-refractivity contribution in [1.29, 1.82) is 0 Å². The van der Waals surface area contributed by atoms with Gasteiger partial charge in [-0.05, 0) is 6.07 Å². The van der Waals surface area contributed by atoms with Gasteiger partial charge in [-0.1, -0.05) is 0 Å². The van der Waals surface area contributed by atoms with Gasteiger partial charge in [-0.25, -0.2) is 4.98 Å². The highest BCUT2D eigenvalue weighted by molar-refractivity contribution is 5.99. The topological polar surface area (TPSA) is 98.4 Å². The molecular formula is C10H12N4O3. The lowest BCUT2D eigenvalue weighted by molar-refractivity contribution is -0.123. The molecule has 2 heterocycles. The molecule has 2 rings (SSSR count). The molecule has 0 saturated carbocycles. The van der Waals surface area contributed by atoms with Gasteiger partial charge >= 0.3 is 6.01 Å². The van der Waals surface area contributed by atoms with Crippen molar-refractivity contribution >= 4 is 17.6 Å². The number of aromatic nitrogens is 2. The van der Waals surface area contributed by atoms with E-state index in [-0.39, 0.29) is 24.9 Å². The summed E-state index contributed by atoms with van der Waals surface area (Å²) in [4.78, 5) is 32.0. The zero-order valence-electron chi connectivity index (χ0n) is 9.29. The molecule has 1 aromatic rings. The van der Waals surface area contributed by atoms with Crippen molar-refractivity contribution in [3.63, 3.8) is 0 Å². The average Bonchev–Trinajstić information content (AvgIpc) is 2.72. The average molecular weight is 236 g/mol. The van der Waals surface area contributed by atoms with Gasteiger partial charge < -0.3 is 10.5 Å². The van der Waals surface area contributed by atoms with Crippen LogP contribution in [-0.4, -0.2) is 35.4 Å². The van der Waals surface area contributed by atoms with Gasteiger partial charge in [0.15, 0.2) is 0 Å². The Kier molecular flexibility index (Phi) is 2.90. The smallest absolute Gasteiger partial charge is 0.318 e. The highest BCUT2D eigenvalue weighted by atomic mass is 16.5. The first-order chi connectivity index (χ1) is 8.11. The lowest BCUT2D eigenvalue weighted by Gasteiger charge is -2.14. The Labute approximate surface area is 97.6 Å². The molecule has 1 aromatic heterocycles. The van der Waals surface area contributed by atoms with Gasteiger partial charge in [-0.15, -0.1) is 0 Å². The molecule has 2 amide bonds. The van der Waals surface area contributed by atoms with E-state index in [1.807, 2.05) is 0 Å². The van der Waals surface area contributed by atoms with E-state index in [0.717, 1.165) is 0 Å². The van der Waals surface area contributed by atoms with E-state index in [9.17, 15) is 9.59 Å². The van der Waals surface area contributed by atoms with Gasteiger partial charge in [0.05, 0.1) is 13.0 Å². The van der Waals surface area contributed by atoms with Gasteiger partial charge in [-0.2, -0.15) is 4.98 Å². The van der Waals surface area contributed by atoms with Crippen LogP contribution in [0.15, 0.2) is 12.3 Å². The number of hydrogen-bond acceptors (Lipinski definition) is 5. The fraction of sp³-hybridized carbons (Fsp3) is 0.400. The van der Waals surface area contributed by atoms with Gasteiger partial charge in [0.25, 0.3) is 0 Å². The second-order valence-corrected chi connectivity index (χ2v) is 3.71. The van der Waals surface area contributed by atoms with Crippen molar-refractivity contribution in [3.05, 3.63) is 12.3 Å². The number of rotatable bonds is 3. The lowest BCUT2D eigenvalue weighted by Crippen LogP contribution is -2.29. The predicted molar refractivity (Wildman–Crippen MR) is 58.2 cm³/mol. The van der Waals surface area contributed by atoms with Gasteiger partial charge in [-0.3, -0.25) is 14.5 Å². The standard InChI is InChI=1S/C10H12N4O3/c1-17-10-12-3-2-7(13-10)14-5-6(9(11)16)4-8(14)15/h2-3,6H,4-5H2,1H3,(H2,11,16). The third-order valence-electron chi connectivity index (χ3n) is 2.61. The van der Waals surface area contributed by atoms with E-state index in [0.29, 0.717) is 5.82 Å². The van der Waals surface area contributed by atoms with E-state index < -0.39 is 11.8 Å². The molecule has 1 unspecified atom stereocenters. The summed E-state index contributed by atoms with van der Waals surface area (Å²) in [6, 6.07) is 1.77.